The van der Waals surface area contributed by atoms with Crippen molar-refractivity contribution in [3.05, 3.63) is 5.82 Å². The molecule has 1 rings (SSSR count). The van der Waals surface area contributed by atoms with Crippen LogP contribution in [0.5, 0.6) is 12.0 Å². The number of carbonyl (C=O) groups is 3. The molecule has 0 aliphatic rings. The number of aliphatic hydroxyl groups is 1. The lowest BCUT2D eigenvalue weighted by Crippen LogP contribution is -2.15. The topological polar surface area (TPSA) is 231 Å². The molecule has 0 fully saturated rings. The highest BCUT2D eigenvalue weighted by Crippen LogP contribution is 2.39. The van der Waals surface area contributed by atoms with Gasteiger partial charge in [-0.1, -0.05) is 6.92 Å². The molecule has 0 saturated carbocycles. The highest BCUT2D eigenvalue weighted by molar-refractivity contribution is 7.81. The number of aromatic nitrogens is 3. The van der Waals surface area contributed by atoms with Crippen molar-refractivity contribution in [2.75, 3.05) is 58.1 Å². The van der Waals surface area contributed by atoms with Crippen LogP contribution in [-0.4, -0.2) is 114 Å². The monoisotopic (exact) mass is 697 g/mol. The van der Waals surface area contributed by atoms with Crippen molar-refractivity contribution in [2.45, 2.75) is 84.0 Å². The van der Waals surface area contributed by atoms with Gasteiger partial charge in [-0.2, -0.15) is 18.4 Å². The van der Waals surface area contributed by atoms with Gasteiger partial charge in [0.1, 0.15) is 12.4 Å². The van der Waals surface area contributed by atoms with E-state index in [1.807, 2.05) is 6.92 Å². The van der Waals surface area contributed by atoms with Crippen molar-refractivity contribution in [1.82, 2.24) is 15.0 Å². The number of esters is 1. The summed E-state index contributed by atoms with van der Waals surface area (Å²) in [5, 5.41) is 17.7. The van der Waals surface area contributed by atoms with Crippen LogP contribution in [0.4, 0.5) is 0 Å². The molecule has 0 bridgehead atoms. The summed E-state index contributed by atoms with van der Waals surface area (Å²) in [7, 11) is -5.33. The number of unbranched alkanes of at least 4 members (excludes halogenated alkanes) is 3. The molecule has 3 N–H and O–H groups in total. The standard InChI is InChI=1S/C28H48N3O13PS/c1-2-15-40-16-9-10-23-29-27(42-19-18-41-17-14-32)31-28(30-23)43-25(35)12-4-7-21-45(20-6-3-11-24(33)34)22-8-5-13-26(36)44-46(37,38)39/h32H,2-22H2,1H3,(H,33,34)(H,37,38,39). The van der Waals surface area contributed by atoms with E-state index in [9.17, 15) is 22.8 Å². The van der Waals surface area contributed by atoms with Crippen LogP contribution in [0.15, 0.2) is 0 Å². The lowest BCUT2D eigenvalue weighted by Gasteiger charge is -2.17. The first-order valence-electron chi connectivity index (χ1n) is 15.5. The first-order chi connectivity index (χ1) is 22.0. The highest BCUT2D eigenvalue weighted by atomic mass is 32.3. The van der Waals surface area contributed by atoms with Crippen LogP contribution >= 0.6 is 7.92 Å². The SMILES string of the molecule is CCCOCCCc1nc(OCCOCCO)nc(OC(=O)CCCCP(CCCCC(=O)O)CCCCC(=O)OS(=O)(=O)O)n1. The van der Waals surface area contributed by atoms with E-state index in [4.69, 9.17) is 33.7 Å². The molecule has 0 radical (unpaired) electrons. The van der Waals surface area contributed by atoms with Crippen molar-refractivity contribution in [3.8, 4) is 12.0 Å². The van der Waals surface area contributed by atoms with Gasteiger partial charge in [0.25, 0.3) is 0 Å². The van der Waals surface area contributed by atoms with Gasteiger partial charge in [-0.15, -0.1) is 12.9 Å². The van der Waals surface area contributed by atoms with Crippen molar-refractivity contribution >= 4 is 36.2 Å². The maximum Gasteiger partial charge on any atom is 0.448 e. The van der Waals surface area contributed by atoms with Gasteiger partial charge in [0.05, 0.1) is 19.8 Å². The van der Waals surface area contributed by atoms with E-state index in [1.165, 1.54) is 0 Å². The van der Waals surface area contributed by atoms with E-state index < -0.39 is 36.2 Å². The van der Waals surface area contributed by atoms with Gasteiger partial charge < -0.3 is 33.3 Å². The van der Waals surface area contributed by atoms with Crippen LogP contribution < -0.4 is 9.47 Å². The molecule has 0 aliphatic carbocycles. The lowest BCUT2D eigenvalue weighted by atomic mass is 10.2. The molecule has 264 valence electrons. The zero-order chi connectivity index (χ0) is 34.0. The number of nitrogens with zero attached hydrogens (tertiary/aromatic N) is 3. The van der Waals surface area contributed by atoms with Gasteiger partial charge in [-0.3, -0.25) is 18.9 Å². The average Bonchev–Trinajstić information content (AvgIpc) is 2.98. The molecule has 0 spiro atoms. The Labute approximate surface area is 271 Å². The van der Waals surface area contributed by atoms with Gasteiger partial charge in [0, 0.05) is 38.9 Å². The average molecular weight is 698 g/mol. The van der Waals surface area contributed by atoms with Crippen molar-refractivity contribution in [3.63, 3.8) is 0 Å². The smallest absolute Gasteiger partial charge is 0.448 e. The minimum absolute atomic E-state index is 0.00494. The molecule has 46 heavy (non-hydrogen) atoms. The van der Waals surface area contributed by atoms with Crippen LogP contribution in [0.25, 0.3) is 0 Å². The second-order valence-corrected chi connectivity index (χ2v) is 13.9. The van der Waals surface area contributed by atoms with Crippen LogP contribution in [0.1, 0.15) is 83.4 Å². The van der Waals surface area contributed by atoms with Crippen molar-refractivity contribution < 1.29 is 60.7 Å². The summed E-state index contributed by atoms with van der Waals surface area (Å²) in [5.41, 5.74) is 0. The largest absolute Gasteiger partial charge is 0.481 e. The summed E-state index contributed by atoms with van der Waals surface area (Å²) in [5.74, 6) is -1.99. The zero-order valence-corrected chi connectivity index (χ0v) is 28.2. The second-order valence-electron chi connectivity index (χ2n) is 10.2. The summed E-state index contributed by atoms with van der Waals surface area (Å²) in [4.78, 5) is 47.6. The number of carboxylic acid groups (broad SMARTS) is 1. The van der Waals surface area contributed by atoms with Gasteiger partial charge in [-0.25, -0.2) is 0 Å². The Bertz CT molecular complexity index is 1100. The molecule has 1 aromatic heterocycles. The van der Waals surface area contributed by atoms with E-state index in [1.54, 1.807) is 0 Å². The zero-order valence-electron chi connectivity index (χ0n) is 26.5. The summed E-state index contributed by atoms with van der Waals surface area (Å²) in [6.45, 7) is 3.62. The number of aliphatic carboxylic acids is 1. The molecular weight excluding hydrogens is 649 g/mol. The number of aryl methyl sites for hydroxylation is 1. The van der Waals surface area contributed by atoms with Gasteiger partial charge in [0.2, 0.25) is 0 Å². The predicted octanol–water partition coefficient (Wildman–Crippen LogP) is 2.95. The quantitative estimate of drug-likeness (QED) is 0.0473. The number of hydrogen-bond donors (Lipinski definition) is 3. The lowest BCUT2D eigenvalue weighted by molar-refractivity contribution is -0.137. The summed E-state index contributed by atoms with van der Waals surface area (Å²) in [6.07, 6.45) is 8.16. The number of ether oxygens (including phenoxy) is 4. The van der Waals surface area contributed by atoms with E-state index in [0.29, 0.717) is 57.6 Å². The Morgan fingerprint density at radius 3 is 1.96 bits per heavy atom. The second kappa shape index (κ2) is 25.5. The van der Waals surface area contributed by atoms with Crippen LogP contribution in [0, 0.1) is 0 Å². The summed E-state index contributed by atoms with van der Waals surface area (Å²) < 4.78 is 55.4. The Balaban J connectivity index is 2.61. The first-order valence-corrected chi connectivity index (χ1v) is 18.8. The number of rotatable bonds is 29. The Morgan fingerprint density at radius 2 is 1.35 bits per heavy atom. The molecule has 1 heterocycles. The molecule has 1 unspecified atom stereocenters. The molecule has 1 aromatic rings. The minimum atomic E-state index is -4.82. The Hall–Kier alpha value is -2.56. The van der Waals surface area contributed by atoms with Gasteiger partial charge in [0.15, 0.2) is 0 Å². The third kappa shape index (κ3) is 23.7. The van der Waals surface area contributed by atoms with E-state index in [-0.39, 0.29) is 57.7 Å². The Morgan fingerprint density at radius 1 is 0.739 bits per heavy atom. The number of hydrogen-bond acceptors (Lipinski definition) is 14. The van der Waals surface area contributed by atoms with E-state index in [0.717, 1.165) is 37.7 Å². The number of aliphatic hydroxyl groups excluding tert-OH is 1. The van der Waals surface area contributed by atoms with Crippen molar-refractivity contribution in [2.24, 2.45) is 0 Å². The fraction of sp³-hybridized carbons (Fsp3) is 0.786. The highest BCUT2D eigenvalue weighted by Gasteiger charge is 2.16. The fourth-order valence-corrected chi connectivity index (χ4v) is 7.01. The third-order valence-electron chi connectivity index (χ3n) is 6.10. The third-order valence-corrected chi connectivity index (χ3v) is 9.34. The minimum Gasteiger partial charge on any atom is -0.481 e. The maximum atomic E-state index is 12.6. The molecule has 1 atom stereocenters. The van der Waals surface area contributed by atoms with Crippen LogP contribution in [-0.2, 0) is 44.9 Å². The van der Waals surface area contributed by atoms with Gasteiger partial charge >= 0.3 is 40.3 Å². The fourth-order valence-electron chi connectivity index (χ4n) is 4.01. The molecule has 16 nitrogen and oxygen atoms in total. The van der Waals surface area contributed by atoms with E-state index in [2.05, 4.69) is 19.1 Å². The van der Waals surface area contributed by atoms with Crippen LogP contribution in [0.2, 0.25) is 0 Å². The predicted molar refractivity (Wildman–Crippen MR) is 167 cm³/mol. The molecule has 0 aromatic carbocycles. The number of carboxylic acids is 1. The molecular formula is C28H48N3O13PS. The van der Waals surface area contributed by atoms with Crippen molar-refractivity contribution in [1.29, 1.82) is 0 Å². The molecule has 18 heteroatoms. The van der Waals surface area contributed by atoms with Crippen LogP contribution in [0.3, 0.4) is 0 Å². The van der Waals surface area contributed by atoms with E-state index >= 15 is 0 Å². The summed E-state index contributed by atoms with van der Waals surface area (Å²) in [6, 6.07) is -0.168. The van der Waals surface area contributed by atoms with Gasteiger partial charge in [-0.05, 0) is 69.9 Å². The molecule has 0 saturated heterocycles. The first kappa shape index (κ1) is 41.5. The Kier molecular flexibility index (Phi) is 23.0. The number of carbonyl (C=O) groups excluding carboxylic acids is 2. The molecule has 0 aliphatic heterocycles. The summed E-state index contributed by atoms with van der Waals surface area (Å²) >= 11 is 0. The molecule has 0 amide bonds. The normalized spacial score (nSPS) is 12.1. The maximum absolute atomic E-state index is 12.6.